The molecule has 0 radical (unpaired) electrons. The van der Waals surface area contributed by atoms with E-state index in [-0.39, 0.29) is 18.4 Å². The van der Waals surface area contributed by atoms with Gasteiger partial charge in [-0.3, -0.25) is 9.59 Å². The number of carbonyl (C=O) groups is 2. The number of benzene rings is 1. The van der Waals surface area contributed by atoms with E-state index in [9.17, 15) is 14.7 Å². The molecule has 1 saturated carbocycles. The van der Waals surface area contributed by atoms with E-state index in [1.165, 1.54) is 0 Å². The zero-order valence-electron chi connectivity index (χ0n) is 18.8. The molecule has 3 fully saturated rings. The number of amides is 1. The molecular formula is C23H31NO6S2. The monoisotopic (exact) mass is 481 g/mol. The molecule has 1 amide bonds. The Morgan fingerprint density at radius 3 is 2.12 bits per heavy atom. The molecule has 1 aromatic rings. The topological polar surface area (TPSA) is 85.3 Å². The number of ether oxygens (including phenoxy) is 3. The van der Waals surface area contributed by atoms with E-state index >= 15 is 0 Å². The Labute approximate surface area is 197 Å². The smallest absolute Gasteiger partial charge is 0.311 e. The van der Waals surface area contributed by atoms with E-state index in [1.54, 1.807) is 44.9 Å². The van der Waals surface area contributed by atoms with Crippen molar-refractivity contribution in [3.63, 3.8) is 0 Å². The van der Waals surface area contributed by atoms with Gasteiger partial charge in [-0.05, 0) is 30.5 Å². The number of carboxylic acid groups (broad SMARTS) is 1. The van der Waals surface area contributed by atoms with Gasteiger partial charge in [-0.2, -0.15) is 0 Å². The summed E-state index contributed by atoms with van der Waals surface area (Å²) in [5, 5.41) is 10.5. The Morgan fingerprint density at radius 2 is 1.62 bits per heavy atom. The lowest BCUT2D eigenvalue weighted by atomic mass is 9.80. The minimum atomic E-state index is -0.862. The van der Waals surface area contributed by atoms with E-state index in [0.29, 0.717) is 17.2 Å². The molecule has 2 heterocycles. The molecule has 2 atom stereocenters. The third-order valence-corrected chi connectivity index (χ3v) is 10.4. The maximum atomic E-state index is 13.7. The van der Waals surface area contributed by atoms with Crippen molar-refractivity contribution >= 4 is 35.4 Å². The average molecular weight is 482 g/mol. The molecule has 9 heteroatoms. The third kappa shape index (κ3) is 4.02. The Balaban J connectivity index is 1.89. The second-order valence-electron chi connectivity index (χ2n) is 8.50. The summed E-state index contributed by atoms with van der Waals surface area (Å²) in [7, 11) is 4.63. The molecule has 1 N–H and O–H groups in total. The summed E-state index contributed by atoms with van der Waals surface area (Å²) in [5.74, 6) is 1.55. The minimum absolute atomic E-state index is 0.0510. The highest BCUT2D eigenvalue weighted by molar-refractivity contribution is 8.21. The quantitative estimate of drug-likeness (QED) is 0.647. The number of piperidine rings is 1. The first-order valence-electron chi connectivity index (χ1n) is 11.1. The second-order valence-corrected chi connectivity index (χ2v) is 11.6. The number of nitrogens with zero attached hydrogens (tertiary/aromatic N) is 1. The van der Waals surface area contributed by atoms with Crippen LogP contribution >= 0.6 is 23.5 Å². The normalized spacial score (nSPS) is 25.7. The van der Waals surface area contributed by atoms with Gasteiger partial charge in [0.1, 0.15) is 5.92 Å². The van der Waals surface area contributed by atoms with Crippen molar-refractivity contribution in [3.05, 3.63) is 17.7 Å². The SMILES string of the molecule is COc1cc(C2C(C(=O)O)C3(CC(=O)N2C2CCCCC2)SCCS3)cc(OC)c1OC. The zero-order chi connectivity index (χ0) is 22.9. The summed E-state index contributed by atoms with van der Waals surface area (Å²) in [6.07, 6.45) is 5.35. The van der Waals surface area contributed by atoms with Crippen LogP contribution in [0.1, 0.15) is 50.1 Å². The van der Waals surface area contributed by atoms with E-state index in [1.807, 2.05) is 17.0 Å². The Morgan fingerprint density at radius 1 is 1.03 bits per heavy atom. The van der Waals surface area contributed by atoms with Gasteiger partial charge in [-0.25, -0.2) is 0 Å². The first-order valence-corrected chi connectivity index (χ1v) is 13.0. The zero-order valence-corrected chi connectivity index (χ0v) is 20.4. The predicted molar refractivity (Wildman–Crippen MR) is 126 cm³/mol. The standard InChI is InChI=1S/C23H31NO6S2/c1-28-16-11-14(12-17(29-2)21(16)30-3)20-19(22(26)27)23(31-9-10-32-23)13-18(25)24(20)15-7-5-4-6-8-15/h11-12,15,19-20H,4-10,13H2,1-3H3,(H,26,27). The highest BCUT2D eigenvalue weighted by atomic mass is 32.2. The number of methoxy groups -OCH3 is 3. The molecule has 2 unspecified atom stereocenters. The van der Waals surface area contributed by atoms with Crippen LogP contribution in [0.4, 0.5) is 0 Å². The summed E-state index contributed by atoms with van der Waals surface area (Å²) in [6.45, 7) is 0. The summed E-state index contributed by atoms with van der Waals surface area (Å²) >= 11 is 3.26. The average Bonchev–Trinajstić information content (AvgIpc) is 3.25. The van der Waals surface area contributed by atoms with E-state index < -0.39 is 22.0 Å². The Kier molecular flexibility index (Phi) is 7.05. The van der Waals surface area contributed by atoms with Crippen molar-refractivity contribution < 1.29 is 28.9 Å². The van der Waals surface area contributed by atoms with Gasteiger partial charge >= 0.3 is 5.97 Å². The molecule has 32 heavy (non-hydrogen) atoms. The van der Waals surface area contributed by atoms with Crippen molar-refractivity contribution in [2.45, 2.75) is 54.7 Å². The maximum Gasteiger partial charge on any atom is 0.311 e. The molecule has 176 valence electrons. The van der Waals surface area contributed by atoms with E-state index in [4.69, 9.17) is 14.2 Å². The molecule has 1 aliphatic carbocycles. The fourth-order valence-electron chi connectivity index (χ4n) is 5.46. The van der Waals surface area contributed by atoms with Crippen molar-refractivity contribution in [1.82, 2.24) is 4.90 Å². The van der Waals surface area contributed by atoms with Gasteiger partial charge in [0.25, 0.3) is 0 Å². The highest BCUT2D eigenvalue weighted by Crippen LogP contribution is 2.60. The van der Waals surface area contributed by atoms with Crippen LogP contribution in [0, 0.1) is 5.92 Å². The van der Waals surface area contributed by atoms with Crippen LogP contribution in [0.2, 0.25) is 0 Å². The molecule has 1 aromatic carbocycles. The maximum absolute atomic E-state index is 13.7. The fraction of sp³-hybridized carbons (Fsp3) is 0.652. The highest BCUT2D eigenvalue weighted by Gasteiger charge is 2.59. The van der Waals surface area contributed by atoms with Crippen molar-refractivity contribution in [2.75, 3.05) is 32.8 Å². The first-order chi connectivity index (χ1) is 15.5. The summed E-state index contributed by atoms with van der Waals surface area (Å²) in [5.41, 5.74) is 0.720. The molecule has 2 aliphatic heterocycles. The molecule has 4 rings (SSSR count). The first kappa shape index (κ1) is 23.4. The van der Waals surface area contributed by atoms with Crippen molar-refractivity contribution in [1.29, 1.82) is 0 Å². The lowest BCUT2D eigenvalue weighted by Crippen LogP contribution is -2.58. The van der Waals surface area contributed by atoms with Crippen molar-refractivity contribution in [2.24, 2.45) is 5.92 Å². The number of rotatable bonds is 6. The summed E-state index contributed by atoms with van der Waals surface area (Å²) in [6, 6.07) is 3.09. The Hall–Kier alpha value is -1.74. The van der Waals surface area contributed by atoms with E-state index in [2.05, 4.69) is 0 Å². The number of hydrogen-bond donors (Lipinski definition) is 1. The number of aliphatic carboxylic acids is 1. The van der Waals surface area contributed by atoms with Gasteiger partial charge in [-0.1, -0.05) is 19.3 Å². The van der Waals surface area contributed by atoms with Crippen LogP contribution in [0.25, 0.3) is 0 Å². The van der Waals surface area contributed by atoms with Crippen LogP contribution in [-0.4, -0.2) is 64.8 Å². The molecule has 2 saturated heterocycles. The van der Waals surface area contributed by atoms with Gasteiger partial charge in [0.15, 0.2) is 11.5 Å². The minimum Gasteiger partial charge on any atom is -0.493 e. The summed E-state index contributed by atoms with van der Waals surface area (Å²) < 4.78 is 16.0. The van der Waals surface area contributed by atoms with Gasteiger partial charge in [0, 0.05) is 17.5 Å². The fourth-order valence-corrected chi connectivity index (χ4v) is 8.92. The molecule has 3 aliphatic rings. The molecule has 7 nitrogen and oxygen atoms in total. The van der Waals surface area contributed by atoms with Gasteiger partial charge in [0.2, 0.25) is 11.7 Å². The number of likely N-dealkylation sites (tertiary alicyclic amines) is 1. The lowest BCUT2D eigenvalue weighted by Gasteiger charge is -2.51. The van der Waals surface area contributed by atoms with Crippen LogP contribution in [-0.2, 0) is 9.59 Å². The third-order valence-electron chi connectivity index (χ3n) is 6.81. The number of hydrogen-bond acceptors (Lipinski definition) is 7. The number of carboxylic acids is 1. The number of carbonyl (C=O) groups excluding carboxylic acids is 1. The predicted octanol–water partition coefficient (Wildman–Crippen LogP) is 4.20. The molecular weight excluding hydrogens is 450 g/mol. The Bertz CT molecular complexity index is 841. The van der Waals surface area contributed by atoms with Crippen LogP contribution < -0.4 is 14.2 Å². The summed E-state index contributed by atoms with van der Waals surface area (Å²) in [4.78, 5) is 28.4. The largest absolute Gasteiger partial charge is 0.493 e. The molecule has 1 spiro atoms. The van der Waals surface area contributed by atoms with Crippen molar-refractivity contribution in [3.8, 4) is 17.2 Å². The lowest BCUT2D eigenvalue weighted by molar-refractivity contribution is -0.155. The number of thioether (sulfide) groups is 2. The van der Waals surface area contributed by atoms with Gasteiger partial charge in [-0.15, -0.1) is 23.5 Å². The van der Waals surface area contributed by atoms with Crippen LogP contribution in [0.15, 0.2) is 12.1 Å². The van der Waals surface area contributed by atoms with Crippen LogP contribution in [0.5, 0.6) is 17.2 Å². The van der Waals surface area contributed by atoms with Crippen LogP contribution in [0.3, 0.4) is 0 Å². The van der Waals surface area contributed by atoms with E-state index in [0.717, 1.165) is 49.2 Å². The van der Waals surface area contributed by atoms with Gasteiger partial charge < -0.3 is 24.2 Å². The molecule has 0 bridgehead atoms. The molecule has 0 aromatic heterocycles. The van der Waals surface area contributed by atoms with Gasteiger partial charge in [0.05, 0.1) is 37.9 Å². The second kappa shape index (κ2) is 9.63.